The van der Waals surface area contributed by atoms with E-state index in [4.69, 9.17) is 0 Å². The van der Waals surface area contributed by atoms with Crippen molar-refractivity contribution in [2.75, 3.05) is 0 Å². The second-order valence-corrected chi connectivity index (χ2v) is 5.19. The van der Waals surface area contributed by atoms with Gasteiger partial charge in [0, 0.05) is 46.4 Å². The fourth-order valence-corrected chi connectivity index (χ4v) is 3.33. The highest BCUT2D eigenvalue weighted by Crippen LogP contribution is 2.33. The van der Waals surface area contributed by atoms with Crippen LogP contribution in [-0.4, -0.2) is 3.97 Å². The van der Waals surface area contributed by atoms with Crippen LogP contribution in [0.1, 0.15) is 0 Å². The number of benzene rings is 1. The van der Waals surface area contributed by atoms with Gasteiger partial charge >= 0.3 is 0 Å². The summed E-state index contributed by atoms with van der Waals surface area (Å²) in [6.45, 7) is 0. The minimum atomic E-state index is -0.833. The molecule has 0 N–H and O–H groups in total. The lowest BCUT2D eigenvalue weighted by Crippen LogP contribution is -1.88. The van der Waals surface area contributed by atoms with Crippen LogP contribution in [0, 0.1) is 11.6 Å². The first-order valence-electron chi connectivity index (χ1n) is 3.58. The highest BCUT2D eigenvalue weighted by Gasteiger charge is 2.14. The Morgan fingerprint density at radius 3 is 2.79 bits per heavy atom. The molecule has 0 aliphatic heterocycles. The minimum Gasteiger partial charge on any atom is -0.281 e. The molecule has 74 valence electrons. The number of hydrogen-bond acceptors (Lipinski definition) is 1. The Kier molecular flexibility index (Phi) is 3.03. The molecule has 0 saturated carbocycles. The Balaban J connectivity index is 2.90. The zero-order chi connectivity index (χ0) is 10.3. The van der Waals surface area contributed by atoms with Crippen LogP contribution in [0.4, 0.5) is 8.78 Å². The number of halogens is 4. The van der Waals surface area contributed by atoms with E-state index in [1.54, 1.807) is 16.2 Å². The Hall–Kier alpha value is 0.180. The normalized spacial score (nSPS) is 11.1. The van der Waals surface area contributed by atoms with Crippen LogP contribution in [0.2, 0.25) is 0 Å². The fraction of sp³-hybridized carbons (Fsp3) is 0. The van der Waals surface area contributed by atoms with Gasteiger partial charge < -0.3 is 0 Å². The first-order valence-corrected chi connectivity index (χ1v) is 7.69. The van der Waals surface area contributed by atoms with E-state index in [0.29, 0.717) is 15.4 Å². The summed E-state index contributed by atoms with van der Waals surface area (Å²) in [5, 5.41) is 0.293. The molecule has 2 aromatic rings. The SMILES string of the molecule is Fc1cc(Br)c2c(ccn2SI)c1F. The molecule has 0 aliphatic rings. The molecule has 1 aromatic heterocycles. The van der Waals surface area contributed by atoms with Crippen molar-refractivity contribution >= 4 is 57.2 Å². The van der Waals surface area contributed by atoms with E-state index in [1.807, 2.05) is 0 Å². The predicted octanol–water partition coefficient (Wildman–Crippen LogP) is 4.53. The summed E-state index contributed by atoms with van der Waals surface area (Å²) >= 11 is 5.29. The zero-order valence-electron chi connectivity index (χ0n) is 6.60. The molecular formula is C8H3BrF2INS. The first-order chi connectivity index (χ1) is 6.65. The van der Waals surface area contributed by atoms with Crippen molar-refractivity contribution in [2.24, 2.45) is 0 Å². The summed E-state index contributed by atoms with van der Waals surface area (Å²) < 4.78 is 28.6. The molecule has 0 aliphatic carbocycles. The van der Waals surface area contributed by atoms with Crippen molar-refractivity contribution in [3.8, 4) is 0 Å². The van der Waals surface area contributed by atoms with Crippen molar-refractivity contribution in [3.05, 3.63) is 34.4 Å². The van der Waals surface area contributed by atoms with E-state index >= 15 is 0 Å². The predicted molar refractivity (Wildman–Crippen MR) is 66.6 cm³/mol. The fourth-order valence-electron chi connectivity index (χ4n) is 1.25. The molecule has 1 aromatic carbocycles. The summed E-state index contributed by atoms with van der Waals surface area (Å²) in [5.41, 5.74) is 0.656. The summed E-state index contributed by atoms with van der Waals surface area (Å²) in [6.07, 6.45) is 1.70. The highest BCUT2D eigenvalue weighted by atomic mass is 127. The van der Waals surface area contributed by atoms with Gasteiger partial charge in [0.1, 0.15) is 0 Å². The van der Waals surface area contributed by atoms with Crippen LogP contribution < -0.4 is 0 Å². The van der Waals surface area contributed by atoms with Gasteiger partial charge in [0.05, 0.1) is 5.52 Å². The van der Waals surface area contributed by atoms with Gasteiger partial charge in [-0.25, -0.2) is 8.78 Å². The summed E-state index contributed by atoms with van der Waals surface area (Å²) in [5.74, 6) is -1.63. The van der Waals surface area contributed by atoms with Gasteiger partial charge in [-0.3, -0.25) is 3.97 Å². The maximum atomic E-state index is 13.3. The Morgan fingerprint density at radius 1 is 1.43 bits per heavy atom. The number of nitrogens with zero attached hydrogens (tertiary/aromatic N) is 1. The first kappa shape index (κ1) is 10.7. The molecular weight excluding hydrogens is 387 g/mol. The van der Waals surface area contributed by atoms with E-state index in [1.165, 1.54) is 9.12 Å². The molecule has 0 spiro atoms. The van der Waals surface area contributed by atoms with E-state index < -0.39 is 11.6 Å². The molecule has 0 radical (unpaired) electrons. The lowest BCUT2D eigenvalue weighted by Gasteiger charge is -2.02. The Labute approximate surface area is 104 Å². The molecule has 0 fully saturated rings. The topological polar surface area (TPSA) is 4.93 Å². The van der Waals surface area contributed by atoms with Crippen LogP contribution in [0.3, 0.4) is 0 Å². The van der Waals surface area contributed by atoms with Gasteiger partial charge in [-0.2, -0.15) is 0 Å². The number of rotatable bonds is 1. The second-order valence-electron chi connectivity index (χ2n) is 2.63. The van der Waals surface area contributed by atoms with Crippen molar-refractivity contribution in [1.82, 2.24) is 3.97 Å². The third-order valence-corrected chi connectivity index (χ3v) is 4.18. The Morgan fingerprint density at radius 2 is 2.14 bits per heavy atom. The lowest BCUT2D eigenvalue weighted by atomic mass is 10.2. The summed E-state index contributed by atoms with van der Waals surface area (Å²) in [6, 6.07) is 2.70. The number of fused-ring (bicyclic) bond motifs is 1. The van der Waals surface area contributed by atoms with E-state index in [2.05, 4.69) is 37.1 Å². The van der Waals surface area contributed by atoms with Crippen molar-refractivity contribution in [1.29, 1.82) is 0 Å². The van der Waals surface area contributed by atoms with Gasteiger partial charge in [0.25, 0.3) is 0 Å². The largest absolute Gasteiger partial charge is 0.281 e. The molecule has 1 heterocycles. The monoisotopic (exact) mass is 389 g/mol. The van der Waals surface area contributed by atoms with E-state index in [0.717, 1.165) is 6.07 Å². The maximum absolute atomic E-state index is 13.3. The average Bonchev–Trinajstić information content (AvgIpc) is 2.58. The summed E-state index contributed by atoms with van der Waals surface area (Å²) in [7, 11) is 1.40. The third-order valence-electron chi connectivity index (χ3n) is 1.85. The van der Waals surface area contributed by atoms with E-state index in [-0.39, 0.29) is 0 Å². The molecule has 6 heteroatoms. The van der Waals surface area contributed by atoms with Crippen molar-refractivity contribution < 1.29 is 8.78 Å². The van der Waals surface area contributed by atoms with Crippen molar-refractivity contribution in [3.63, 3.8) is 0 Å². The van der Waals surface area contributed by atoms with Gasteiger partial charge in [-0.05, 0) is 28.1 Å². The molecule has 1 nitrogen and oxygen atoms in total. The van der Waals surface area contributed by atoms with Gasteiger partial charge in [-0.1, -0.05) is 0 Å². The highest BCUT2D eigenvalue weighted by molar-refractivity contribution is 14.2. The zero-order valence-corrected chi connectivity index (χ0v) is 11.2. The van der Waals surface area contributed by atoms with Crippen LogP contribution in [0.15, 0.2) is 22.8 Å². The molecule has 0 saturated heterocycles. The molecule has 14 heavy (non-hydrogen) atoms. The Bertz CT molecular complexity index is 500. The van der Waals surface area contributed by atoms with Gasteiger partial charge in [0.15, 0.2) is 11.6 Å². The molecule has 2 rings (SSSR count). The minimum absolute atomic E-state index is 0.293. The van der Waals surface area contributed by atoms with Crippen LogP contribution >= 0.6 is 46.3 Å². The van der Waals surface area contributed by atoms with Crippen LogP contribution in [0.25, 0.3) is 10.9 Å². The maximum Gasteiger partial charge on any atom is 0.168 e. The van der Waals surface area contributed by atoms with Crippen molar-refractivity contribution in [2.45, 2.75) is 0 Å². The van der Waals surface area contributed by atoms with Gasteiger partial charge in [-0.15, -0.1) is 0 Å². The number of aromatic nitrogens is 1. The number of hydrogen-bond donors (Lipinski definition) is 0. The standard InChI is InChI=1S/C8H3BrF2INS/c9-5-3-6(10)7(11)4-1-2-13(14-12)8(4)5/h1-3H. The average molecular weight is 390 g/mol. The quantitative estimate of drug-likeness (QED) is 0.512. The third kappa shape index (κ3) is 1.57. The second kappa shape index (κ2) is 3.97. The van der Waals surface area contributed by atoms with Crippen LogP contribution in [0.5, 0.6) is 0 Å². The summed E-state index contributed by atoms with van der Waals surface area (Å²) in [4.78, 5) is 0. The molecule has 0 amide bonds. The van der Waals surface area contributed by atoms with Gasteiger partial charge in [0.2, 0.25) is 0 Å². The molecule has 0 bridgehead atoms. The lowest BCUT2D eigenvalue weighted by molar-refractivity contribution is 0.516. The van der Waals surface area contributed by atoms with E-state index in [9.17, 15) is 8.78 Å². The molecule has 0 atom stereocenters. The van der Waals surface area contributed by atoms with Crippen LogP contribution in [-0.2, 0) is 0 Å². The smallest absolute Gasteiger partial charge is 0.168 e. The molecule has 0 unspecified atom stereocenters.